The Bertz CT molecular complexity index is 597. The molecule has 2 aromatic carbocycles. The predicted molar refractivity (Wildman–Crippen MR) is 130 cm³/mol. The Labute approximate surface area is 181 Å². The van der Waals surface area contributed by atoms with Gasteiger partial charge in [0.2, 0.25) is 0 Å². The number of rotatable bonds is 11. The fourth-order valence-corrected chi connectivity index (χ4v) is 9.04. The maximum atomic E-state index is 6.93. The highest BCUT2D eigenvalue weighted by molar-refractivity contribution is 14.1. The standard InChI is InChI=1S/C24H35IOSi/c1-24(2,3)27(22-16-10-8-11-17-22,23-18-12-9-13-19-23)26-21-15-7-5-4-6-14-20-25/h8-13,16-19H,4-7,14-15,20-21H2,1-3H3. The molecule has 0 aromatic heterocycles. The van der Waals surface area contributed by atoms with Crippen LogP contribution in [0.3, 0.4) is 0 Å². The summed E-state index contributed by atoms with van der Waals surface area (Å²) in [5, 5.41) is 2.84. The Kier molecular flexibility index (Phi) is 9.53. The van der Waals surface area contributed by atoms with Crippen LogP contribution in [0, 0.1) is 0 Å². The molecule has 2 rings (SSSR count). The SMILES string of the molecule is CC(C)(C)[Si](OCCCCCCCCI)(c1ccccc1)c1ccccc1. The molecule has 0 bridgehead atoms. The minimum absolute atomic E-state index is 0.0794. The van der Waals surface area contributed by atoms with Crippen LogP contribution in [0.15, 0.2) is 60.7 Å². The zero-order chi connectivity index (χ0) is 19.6. The van der Waals surface area contributed by atoms with E-state index >= 15 is 0 Å². The van der Waals surface area contributed by atoms with Gasteiger partial charge in [0.05, 0.1) is 0 Å². The fraction of sp³-hybridized carbons (Fsp3) is 0.500. The zero-order valence-corrected chi connectivity index (χ0v) is 20.4. The maximum absolute atomic E-state index is 6.93. The summed E-state index contributed by atoms with van der Waals surface area (Å²) in [5.41, 5.74) is 0. The monoisotopic (exact) mass is 494 g/mol. The lowest BCUT2D eigenvalue weighted by Gasteiger charge is -2.43. The van der Waals surface area contributed by atoms with E-state index in [1.807, 2.05) is 0 Å². The van der Waals surface area contributed by atoms with Crippen LogP contribution in [0.25, 0.3) is 0 Å². The van der Waals surface area contributed by atoms with Gasteiger partial charge in [-0.1, -0.05) is 130 Å². The Morgan fingerprint density at radius 1 is 0.704 bits per heavy atom. The molecule has 0 fully saturated rings. The minimum Gasteiger partial charge on any atom is -0.407 e. The Morgan fingerprint density at radius 3 is 1.59 bits per heavy atom. The number of halogens is 1. The van der Waals surface area contributed by atoms with E-state index in [1.165, 1.54) is 46.9 Å². The van der Waals surface area contributed by atoms with Crippen LogP contribution in [-0.4, -0.2) is 19.4 Å². The van der Waals surface area contributed by atoms with E-state index in [2.05, 4.69) is 104 Å². The minimum atomic E-state index is -2.33. The van der Waals surface area contributed by atoms with E-state index in [0.717, 1.165) is 13.0 Å². The highest BCUT2D eigenvalue weighted by Crippen LogP contribution is 2.36. The summed E-state index contributed by atoms with van der Waals surface area (Å²) >= 11 is 2.47. The van der Waals surface area contributed by atoms with Gasteiger partial charge in [-0.2, -0.15) is 0 Å². The maximum Gasteiger partial charge on any atom is 0.261 e. The summed E-state index contributed by atoms with van der Waals surface area (Å²) in [6.07, 6.45) is 7.87. The number of alkyl halides is 1. The van der Waals surface area contributed by atoms with Gasteiger partial charge in [-0.05, 0) is 32.7 Å². The van der Waals surface area contributed by atoms with Gasteiger partial charge >= 0.3 is 0 Å². The van der Waals surface area contributed by atoms with Crippen molar-refractivity contribution in [3.05, 3.63) is 60.7 Å². The summed E-state index contributed by atoms with van der Waals surface area (Å²) < 4.78 is 8.22. The van der Waals surface area contributed by atoms with Gasteiger partial charge in [-0.15, -0.1) is 0 Å². The first kappa shape index (κ1) is 22.6. The van der Waals surface area contributed by atoms with Crippen LogP contribution in [0.4, 0.5) is 0 Å². The summed E-state index contributed by atoms with van der Waals surface area (Å²) in [6, 6.07) is 21.9. The van der Waals surface area contributed by atoms with E-state index in [9.17, 15) is 0 Å². The van der Waals surface area contributed by atoms with E-state index in [1.54, 1.807) is 0 Å². The molecule has 0 aliphatic heterocycles. The predicted octanol–water partition coefficient (Wildman–Crippen LogP) is 6.34. The highest BCUT2D eigenvalue weighted by Gasteiger charge is 2.49. The second kappa shape index (κ2) is 11.4. The second-order valence-corrected chi connectivity index (χ2v) is 13.7. The molecule has 0 spiro atoms. The van der Waals surface area contributed by atoms with Crippen LogP contribution in [0.2, 0.25) is 5.04 Å². The van der Waals surface area contributed by atoms with Gasteiger partial charge < -0.3 is 4.43 Å². The van der Waals surface area contributed by atoms with Crippen molar-refractivity contribution >= 4 is 41.3 Å². The van der Waals surface area contributed by atoms with E-state index in [0.29, 0.717) is 0 Å². The van der Waals surface area contributed by atoms with Gasteiger partial charge in [-0.25, -0.2) is 0 Å². The zero-order valence-electron chi connectivity index (χ0n) is 17.2. The van der Waals surface area contributed by atoms with Gasteiger partial charge in [-0.3, -0.25) is 0 Å². The molecule has 0 aliphatic rings. The molecule has 3 heteroatoms. The first-order chi connectivity index (χ1) is 13.0. The molecule has 0 atom stereocenters. The van der Waals surface area contributed by atoms with Crippen molar-refractivity contribution in [1.82, 2.24) is 0 Å². The molecule has 2 aromatic rings. The average Bonchev–Trinajstić information content (AvgIpc) is 2.67. The molecular weight excluding hydrogens is 459 g/mol. The lowest BCUT2D eigenvalue weighted by molar-refractivity contribution is 0.286. The van der Waals surface area contributed by atoms with Gasteiger partial charge in [0.25, 0.3) is 8.32 Å². The van der Waals surface area contributed by atoms with Crippen molar-refractivity contribution in [2.24, 2.45) is 0 Å². The topological polar surface area (TPSA) is 9.23 Å². The molecule has 0 saturated heterocycles. The fourth-order valence-electron chi connectivity index (χ4n) is 3.89. The summed E-state index contributed by atoms with van der Waals surface area (Å²) in [6.45, 7) is 7.91. The lowest BCUT2D eigenvalue weighted by atomic mass is 10.1. The molecular formula is C24H35IOSi. The van der Waals surface area contributed by atoms with Crippen molar-refractivity contribution < 1.29 is 4.43 Å². The molecule has 0 unspecified atom stereocenters. The number of hydrogen-bond acceptors (Lipinski definition) is 1. The summed E-state index contributed by atoms with van der Waals surface area (Å²) in [5.74, 6) is 0. The third-order valence-corrected chi connectivity index (χ3v) is 11.1. The van der Waals surface area contributed by atoms with Gasteiger partial charge in [0.1, 0.15) is 0 Å². The number of unbranched alkanes of at least 4 members (excludes halogenated alkanes) is 5. The second-order valence-electron chi connectivity index (χ2n) is 8.32. The van der Waals surface area contributed by atoms with Crippen molar-refractivity contribution in [3.8, 4) is 0 Å². The van der Waals surface area contributed by atoms with Crippen molar-refractivity contribution in [2.75, 3.05) is 11.0 Å². The van der Waals surface area contributed by atoms with Crippen LogP contribution in [0.1, 0.15) is 59.3 Å². The third-order valence-electron chi connectivity index (χ3n) is 5.26. The molecule has 1 nitrogen and oxygen atoms in total. The van der Waals surface area contributed by atoms with Crippen LogP contribution in [-0.2, 0) is 4.43 Å². The van der Waals surface area contributed by atoms with E-state index < -0.39 is 8.32 Å². The largest absolute Gasteiger partial charge is 0.407 e. The Hall–Kier alpha value is -0.653. The number of hydrogen-bond donors (Lipinski definition) is 0. The highest BCUT2D eigenvalue weighted by atomic mass is 127. The third kappa shape index (κ3) is 6.16. The van der Waals surface area contributed by atoms with Crippen LogP contribution in [0.5, 0.6) is 0 Å². The van der Waals surface area contributed by atoms with Crippen molar-refractivity contribution in [3.63, 3.8) is 0 Å². The van der Waals surface area contributed by atoms with E-state index in [-0.39, 0.29) is 5.04 Å². The lowest BCUT2D eigenvalue weighted by Crippen LogP contribution is -2.66. The van der Waals surface area contributed by atoms with Gasteiger partial charge in [0, 0.05) is 6.61 Å². The van der Waals surface area contributed by atoms with Crippen LogP contribution < -0.4 is 10.4 Å². The van der Waals surface area contributed by atoms with Crippen molar-refractivity contribution in [2.45, 2.75) is 64.3 Å². The Balaban J connectivity index is 2.15. The summed E-state index contributed by atoms with van der Waals surface area (Å²) in [7, 11) is -2.33. The molecule has 148 valence electrons. The molecule has 0 amide bonds. The average molecular weight is 495 g/mol. The summed E-state index contributed by atoms with van der Waals surface area (Å²) in [4.78, 5) is 0. The van der Waals surface area contributed by atoms with Crippen LogP contribution >= 0.6 is 22.6 Å². The molecule has 0 radical (unpaired) electrons. The molecule has 0 N–H and O–H groups in total. The quantitative estimate of drug-likeness (QED) is 0.153. The van der Waals surface area contributed by atoms with Gasteiger partial charge in [0.15, 0.2) is 0 Å². The molecule has 0 aliphatic carbocycles. The molecule has 0 heterocycles. The smallest absolute Gasteiger partial charge is 0.261 e. The van der Waals surface area contributed by atoms with E-state index in [4.69, 9.17) is 4.43 Å². The molecule has 0 saturated carbocycles. The normalized spacial score (nSPS) is 12.3. The number of benzene rings is 2. The first-order valence-electron chi connectivity index (χ1n) is 10.3. The first-order valence-corrected chi connectivity index (χ1v) is 13.8. The molecule has 27 heavy (non-hydrogen) atoms. The van der Waals surface area contributed by atoms with Crippen molar-refractivity contribution in [1.29, 1.82) is 0 Å². The Morgan fingerprint density at radius 2 is 1.15 bits per heavy atom.